The quantitative estimate of drug-likeness (QED) is 0.643. The van der Waals surface area contributed by atoms with Gasteiger partial charge in [-0.2, -0.15) is 0 Å². The van der Waals surface area contributed by atoms with Crippen molar-refractivity contribution in [2.45, 2.75) is 33.3 Å². The molecule has 1 aliphatic heterocycles. The van der Waals surface area contributed by atoms with Gasteiger partial charge in [0.25, 0.3) is 11.1 Å². The Morgan fingerprint density at radius 1 is 1.17 bits per heavy atom. The lowest BCUT2D eigenvalue weighted by molar-refractivity contribution is -0.127. The molecular formula is C23H24N2O4S. The summed E-state index contributed by atoms with van der Waals surface area (Å²) in [7, 11) is 0. The summed E-state index contributed by atoms with van der Waals surface area (Å²) in [5.74, 6) is -0.257. The second-order valence-electron chi connectivity index (χ2n) is 7.01. The number of nitrogens with one attached hydrogen (secondary N) is 1. The Morgan fingerprint density at radius 2 is 1.87 bits per heavy atom. The summed E-state index contributed by atoms with van der Waals surface area (Å²) in [6.07, 6.45) is 2.52. The fraction of sp³-hybridized carbons (Fsp3) is 0.261. The van der Waals surface area contributed by atoms with Crippen molar-refractivity contribution in [3.05, 3.63) is 64.6 Å². The van der Waals surface area contributed by atoms with Crippen molar-refractivity contribution >= 4 is 40.6 Å². The first-order valence-electron chi connectivity index (χ1n) is 9.75. The number of carbonyl (C=O) groups is 3. The number of benzene rings is 2. The molecule has 30 heavy (non-hydrogen) atoms. The van der Waals surface area contributed by atoms with Crippen LogP contribution in [-0.4, -0.2) is 34.6 Å². The van der Waals surface area contributed by atoms with Crippen molar-refractivity contribution in [1.82, 2.24) is 4.90 Å². The zero-order valence-corrected chi connectivity index (χ0v) is 18.0. The van der Waals surface area contributed by atoms with E-state index in [0.29, 0.717) is 17.0 Å². The monoisotopic (exact) mass is 424 g/mol. The standard InChI is InChI=1S/C23H24N2O4S/c1-4-16(3)29-19-12-8-6-10-17(19)13-20-22(27)25(23(28)30-20)14-21(26)24-18-11-7-5-9-15(18)2/h5-13,16H,4,14H2,1-3H3,(H,24,26)/b20-13-. The van der Waals surface area contributed by atoms with E-state index in [-0.39, 0.29) is 17.6 Å². The van der Waals surface area contributed by atoms with Crippen molar-refractivity contribution < 1.29 is 19.1 Å². The fourth-order valence-electron chi connectivity index (χ4n) is 2.83. The number of amides is 3. The van der Waals surface area contributed by atoms with Gasteiger partial charge in [0.15, 0.2) is 0 Å². The summed E-state index contributed by atoms with van der Waals surface area (Å²) in [5.41, 5.74) is 2.27. The van der Waals surface area contributed by atoms with Crippen LogP contribution in [0.5, 0.6) is 5.75 Å². The molecule has 0 bridgehead atoms. The number of anilines is 1. The minimum Gasteiger partial charge on any atom is -0.490 e. The fourth-order valence-corrected chi connectivity index (χ4v) is 3.66. The Hall–Kier alpha value is -3.06. The van der Waals surface area contributed by atoms with Crippen LogP contribution in [0, 0.1) is 6.92 Å². The number of thioether (sulfide) groups is 1. The molecule has 156 valence electrons. The summed E-state index contributed by atoms with van der Waals surface area (Å²) in [5, 5.41) is 2.28. The lowest BCUT2D eigenvalue weighted by Gasteiger charge is -2.15. The van der Waals surface area contributed by atoms with Gasteiger partial charge in [0.2, 0.25) is 5.91 Å². The van der Waals surface area contributed by atoms with Gasteiger partial charge in [0.05, 0.1) is 11.0 Å². The smallest absolute Gasteiger partial charge is 0.294 e. The third-order valence-electron chi connectivity index (χ3n) is 4.70. The Morgan fingerprint density at radius 3 is 2.60 bits per heavy atom. The summed E-state index contributed by atoms with van der Waals surface area (Å²) in [6, 6.07) is 14.7. The van der Waals surface area contributed by atoms with Crippen LogP contribution in [0.4, 0.5) is 10.5 Å². The van der Waals surface area contributed by atoms with E-state index >= 15 is 0 Å². The largest absolute Gasteiger partial charge is 0.490 e. The molecule has 0 radical (unpaired) electrons. The minimum absolute atomic E-state index is 0.0275. The number of nitrogens with zero attached hydrogens (tertiary/aromatic N) is 1. The molecule has 0 spiro atoms. The average Bonchev–Trinajstić information content (AvgIpc) is 2.98. The van der Waals surface area contributed by atoms with Gasteiger partial charge in [0.1, 0.15) is 12.3 Å². The first-order valence-corrected chi connectivity index (χ1v) is 10.6. The molecule has 1 heterocycles. The molecule has 6 nitrogen and oxygen atoms in total. The molecule has 1 fully saturated rings. The van der Waals surface area contributed by atoms with Crippen LogP contribution in [0.2, 0.25) is 0 Å². The van der Waals surface area contributed by atoms with E-state index in [1.807, 2.05) is 63.2 Å². The van der Waals surface area contributed by atoms with Crippen LogP contribution in [0.3, 0.4) is 0 Å². The summed E-state index contributed by atoms with van der Waals surface area (Å²) < 4.78 is 5.91. The van der Waals surface area contributed by atoms with Crippen molar-refractivity contribution in [2.75, 3.05) is 11.9 Å². The highest BCUT2D eigenvalue weighted by Crippen LogP contribution is 2.34. The van der Waals surface area contributed by atoms with Crippen molar-refractivity contribution in [3.8, 4) is 5.75 Å². The first kappa shape index (κ1) is 21.6. The zero-order valence-electron chi connectivity index (χ0n) is 17.2. The van der Waals surface area contributed by atoms with Crippen LogP contribution >= 0.6 is 11.8 Å². The molecule has 3 rings (SSSR count). The number of rotatable bonds is 7. The maximum atomic E-state index is 12.8. The van der Waals surface area contributed by atoms with Gasteiger partial charge in [-0.15, -0.1) is 0 Å². The van der Waals surface area contributed by atoms with E-state index in [1.165, 1.54) is 0 Å². The zero-order chi connectivity index (χ0) is 21.7. The number of carbonyl (C=O) groups excluding carboxylic acids is 3. The van der Waals surface area contributed by atoms with Crippen LogP contribution in [0.1, 0.15) is 31.4 Å². The van der Waals surface area contributed by atoms with Crippen LogP contribution < -0.4 is 10.1 Å². The van der Waals surface area contributed by atoms with E-state index < -0.39 is 17.1 Å². The second kappa shape index (κ2) is 9.63. The van der Waals surface area contributed by atoms with Gasteiger partial charge in [-0.25, -0.2) is 0 Å². The molecule has 1 N–H and O–H groups in total. The summed E-state index contributed by atoms with van der Waals surface area (Å²) in [6.45, 7) is 5.54. The van der Waals surface area contributed by atoms with Gasteiger partial charge >= 0.3 is 0 Å². The number of ether oxygens (including phenoxy) is 1. The molecule has 1 unspecified atom stereocenters. The van der Waals surface area contributed by atoms with E-state index in [1.54, 1.807) is 12.1 Å². The third kappa shape index (κ3) is 5.10. The number of imide groups is 1. The van der Waals surface area contributed by atoms with E-state index in [0.717, 1.165) is 28.6 Å². The minimum atomic E-state index is -0.483. The Kier molecular flexibility index (Phi) is 6.95. The molecule has 3 amide bonds. The topological polar surface area (TPSA) is 75.7 Å². The average molecular weight is 425 g/mol. The SMILES string of the molecule is CCC(C)Oc1ccccc1/C=C1\SC(=O)N(CC(=O)Nc2ccccc2C)C1=O. The van der Waals surface area contributed by atoms with E-state index in [4.69, 9.17) is 4.74 Å². The number of para-hydroxylation sites is 2. The Labute approximate surface area is 180 Å². The molecule has 0 aromatic heterocycles. The van der Waals surface area contributed by atoms with Crippen LogP contribution in [0.25, 0.3) is 6.08 Å². The number of aryl methyl sites for hydroxylation is 1. The predicted molar refractivity (Wildman–Crippen MR) is 119 cm³/mol. The van der Waals surface area contributed by atoms with Crippen LogP contribution in [0.15, 0.2) is 53.4 Å². The highest BCUT2D eigenvalue weighted by molar-refractivity contribution is 8.18. The first-order chi connectivity index (χ1) is 14.4. The maximum Gasteiger partial charge on any atom is 0.294 e. The molecule has 1 atom stereocenters. The second-order valence-corrected chi connectivity index (χ2v) is 8.00. The van der Waals surface area contributed by atoms with E-state index in [2.05, 4.69) is 5.32 Å². The molecule has 7 heteroatoms. The van der Waals surface area contributed by atoms with E-state index in [9.17, 15) is 14.4 Å². The van der Waals surface area contributed by atoms with Gasteiger partial charge in [-0.3, -0.25) is 19.3 Å². The Balaban J connectivity index is 1.73. The normalized spacial score (nSPS) is 16.1. The summed E-state index contributed by atoms with van der Waals surface area (Å²) >= 11 is 0.824. The van der Waals surface area contributed by atoms with Gasteiger partial charge in [0, 0.05) is 11.3 Å². The van der Waals surface area contributed by atoms with Crippen molar-refractivity contribution in [1.29, 1.82) is 0 Å². The lowest BCUT2D eigenvalue weighted by Crippen LogP contribution is -2.36. The highest BCUT2D eigenvalue weighted by Gasteiger charge is 2.36. The number of hydrogen-bond donors (Lipinski definition) is 1. The third-order valence-corrected chi connectivity index (χ3v) is 5.61. The maximum absolute atomic E-state index is 12.8. The van der Waals surface area contributed by atoms with Crippen molar-refractivity contribution in [3.63, 3.8) is 0 Å². The molecule has 0 aliphatic carbocycles. The Bertz CT molecular complexity index is 1000. The van der Waals surface area contributed by atoms with Crippen LogP contribution in [-0.2, 0) is 9.59 Å². The van der Waals surface area contributed by atoms with Crippen molar-refractivity contribution in [2.24, 2.45) is 0 Å². The number of hydrogen-bond acceptors (Lipinski definition) is 5. The van der Waals surface area contributed by atoms with Gasteiger partial charge < -0.3 is 10.1 Å². The van der Waals surface area contributed by atoms with Gasteiger partial charge in [-0.05, 0) is 55.8 Å². The molecule has 1 aliphatic rings. The molecule has 1 saturated heterocycles. The predicted octanol–water partition coefficient (Wildman–Crippen LogP) is 4.85. The molecular weight excluding hydrogens is 400 g/mol. The summed E-state index contributed by atoms with van der Waals surface area (Å²) in [4.78, 5) is 38.7. The molecule has 2 aromatic carbocycles. The lowest BCUT2D eigenvalue weighted by atomic mass is 10.1. The molecule has 0 saturated carbocycles. The van der Waals surface area contributed by atoms with Gasteiger partial charge in [-0.1, -0.05) is 43.3 Å². The molecule has 2 aromatic rings. The highest BCUT2D eigenvalue weighted by atomic mass is 32.2.